The first-order valence-corrected chi connectivity index (χ1v) is 6.57. The molecule has 4 heteroatoms. The SMILES string of the molecule is Cc1cccc(C2(C(=O)NC(C)C(=O)O)CCC2)c1. The summed E-state index contributed by atoms with van der Waals surface area (Å²) >= 11 is 0. The molecule has 0 saturated heterocycles. The molecule has 2 rings (SSSR count). The third-order valence-corrected chi connectivity index (χ3v) is 3.93. The van der Waals surface area contributed by atoms with Crippen LogP contribution in [0.5, 0.6) is 0 Å². The van der Waals surface area contributed by atoms with Crippen molar-refractivity contribution in [3.63, 3.8) is 0 Å². The molecule has 0 bridgehead atoms. The second-order valence-electron chi connectivity index (χ2n) is 5.34. The highest BCUT2D eigenvalue weighted by molar-refractivity contribution is 5.92. The molecule has 1 aromatic rings. The third kappa shape index (κ3) is 2.48. The average Bonchev–Trinajstić information content (AvgIpc) is 2.27. The first-order chi connectivity index (χ1) is 8.95. The molecule has 1 saturated carbocycles. The first-order valence-electron chi connectivity index (χ1n) is 6.57. The van der Waals surface area contributed by atoms with Gasteiger partial charge in [0.15, 0.2) is 0 Å². The molecule has 0 heterocycles. The molecule has 1 aromatic carbocycles. The number of benzene rings is 1. The van der Waals surface area contributed by atoms with Crippen LogP contribution >= 0.6 is 0 Å². The van der Waals surface area contributed by atoms with Gasteiger partial charge in [0.1, 0.15) is 6.04 Å². The van der Waals surface area contributed by atoms with Gasteiger partial charge in [-0.2, -0.15) is 0 Å². The largest absolute Gasteiger partial charge is 0.480 e. The number of carbonyl (C=O) groups excluding carboxylic acids is 1. The minimum atomic E-state index is -1.01. The molecule has 0 radical (unpaired) electrons. The second kappa shape index (κ2) is 5.03. The minimum Gasteiger partial charge on any atom is -0.480 e. The van der Waals surface area contributed by atoms with E-state index in [2.05, 4.69) is 5.32 Å². The number of carbonyl (C=O) groups is 2. The standard InChI is InChI=1S/C15H19NO3/c1-10-5-3-6-12(9-10)15(7-4-8-15)14(19)16-11(2)13(17)18/h3,5-6,9,11H,4,7-8H2,1-2H3,(H,16,19)(H,17,18). The summed E-state index contributed by atoms with van der Waals surface area (Å²) in [5.74, 6) is -1.17. The maximum Gasteiger partial charge on any atom is 0.325 e. The highest BCUT2D eigenvalue weighted by Crippen LogP contribution is 2.44. The first kappa shape index (κ1) is 13.6. The number of hydrogen-bond acceptors (Lipinski definition) is 2. The molecular formula is C15H19NO3. The van der Waals surface area contributed by atoms with E-state index in [4.69, 9.17) is 5.11 Å². The van der Waals surface area contributed by atoms with E-state index in [1.54, 1.807) is 0 Å². The number of aryl methyl sites for hydroxylation is 1. The Morgan fingerprint density at radius 3 is 2.53 bits per heavy atom. The van der Waals surface area contributed by atoms with Crippen molar-refractivity contribution in [2.24, 2.45) is 0 Å². The van der Waals surface area contributed by atoms with Crippen molar-refractivity contribution >= 4 is 11.9 Å². The van der Waals surface area contributed by atoms with Crippen LogP contribution in [0, 0.1) is 6.92 Å². The van der Waals surface area contributed by atoms with Gasteiger partial charge in [0.2, 0.25) is 5.91 Å². The van der Waals surface area contributed by atoms with Crippen molar-refractivity contribution in [1.82, 2.24) is 5.32 Å². The van der Waals surface area contributed by atoms with Crippen LogP contribution in [-0.2, 0) is 15.0 Å². The summed E-state index contributed by atoms with van der Waals surface area (Å²) in [6.07, 6.45) is 2.58. The zero-order valence-electron chi connectivity index (χ0n) is 11.3. The van der Waals surface area contributed by atoms with Gasteiger partial charge in [0.05, 0.1) is 5.41 Å². The summed E-state index contributed by atoms with van der Waals surface area (Å²) < 4.78 is 0. The van der Waals surface area contributed by atoms with Crippen LogP contribution in [0.2, 0.25) is 0 Å². The van der Waals surface area contributed by atoms with Gasteiger partial charge in [-0.05, 0) is 32.3 Å². The Labute approximate surface area is 112 Å². The van der Waals surface area contributed by atoms with Crippen LogP contribution in [0.15, 0.2) is 24.3 Å². The molecule has 0 aromatic heterocycles. The van der Waals surface area contributed by atoms with Crippen molar-refractivity contribution in [3.05, 3.63) is 35.4 Å². The number of carboxylic acid groups (broad SMARTS) is 1. The van der Waals surface area contributed by atoms with E-state index in [0.717, 1.165) is 30.4 Å². The smallest absolute Gasteiger partial charge is 0.325 e. The fourth-order valence-electron chi connectivity index (χ4n) is 2.52. The van der Waals surface area contributed by atoms with Crippen molar-refractivity contribution in [2.75, 3.05) is 0 Å². The van der Waals surface area contributed by atoms with E-state index in [1.165, 1.54) is 6.92 Å². The van der Waals surface area contributed by atoms with Crippen LogP contribution in [0.3, 0.4) is 0 Å². The summed E-state index contributed by atoms with van der Waals surface area (Å²) in [4.78, 5) is 23.2. The Morgan fingerprint density at radius 2 is 2.05 bits per heavy atom. The van der Waals surface area contributed by atoms with Crippen molar-refractivity contribution < 1.29 is 14.7 Å². The summed E-state index contributed by atoms with van der Waals surface area (Å²) in [7, 11) is 0. The molecule has 1 atom stereocenters. The van der Waals surface area contributed by atoms with E-state index >= 15 is 0 Å². The predicted molar refractivity (Wildman–Crippen MR) is 71.9 cm³/mol. The van der Waals surface area contributed by atoms with Crippen molar-refractivity contribution in [1.29, 1.82) is 0 Å². The second-order valence-corrected chi connectivity index (χ2v) is 5.34. The molecule has 1 amide bonds. The fourth-order valence-corrected chi connectivity index (χ4v) is 2.52. The monoisotopic (exact) mass is 261 g/mol. The molecule has 1 aliphatic rings. The molecule has 102 valence electrons. The van der Waals surface area contributed by atoms with Gasteiger partial charge in [-0.25, -0.2) is 0 Å². The zero-order chi connectivity index (χ0) is 14.0. The Hall–Kier alpha value is -1.84. The predicted octanol–water partition coefficient (Wildman–Crippen LogP) is 2.01. The molecule has 1 fully saturated rings. The summed E-state index contributed by atoms with van der Waals surface area (Å²) in [5, 5.41) is 11.5. The summed E-state index contributed by atoms with van der Waals surface area (Å²) in [6, 6.07) is 7.06. The van der Waals surface area contributed by atoms with Crippen LogP contribution < -0.4 is 5.32 Å². The number of nitrogens with one attached hydrogen (secondary N) is 1. The maximum atomic E-state index is 12.4. The highest BCUT2D eigenvalue weighted by atomic mass is 16.4. The summed E-state index contributed by atoms with van der Waals surface area (Å²) in [5.41, 5.74) is 1.58. The molecular weight excluding hydrogens is 242 g/mol. The number of hydrogen-bond donors (Lipinski definition) is 2. The van der Waals surface area contributed by atoms with Gasteiger partial charge in [0, 0.05) is 0 Å². The lowest BCUT2D eigenvalue weighted by Crippen LogP contribution is -2.53. The minimum absolute atomic E-state index is 0.167. The molecule has 0 spiro atoms. The van der Waals surface area contributed by atoms with Crippen LogP contribution in [0.1, 0.15) is 37.3 Å². The molecule has 0 aliphatic heterocycles. The van der Waals surface area contributed by atoms with E-state index < -0.39 is 17.4 Å². The lowest BCUT2D eigenvalue weighted by Gasteiger charge is -2.41. The number of rotatable bonds is 4. The van der Waals surface area contributed by atoms with Gasteiger partial charge < -0.3 is 10.4 Å². The normalized spacial score (nSPS) is 18.2. The van der Waals surface area contributed by atoms with Gasteiger partial charge in [-0.1, -0.05) is 36.2 Å². The topological polar surface area (TPSA) is 66.4 Å². The van der Waals surface area contributed by atoms with Crippen LogP contribution in [0.25, 0.3) is 0 Å². The summed E-state index contributed by atoms with van der Waals surface area (Å²) in [6.45, 7) is 3.48. The average molecular weight is 261 g/mol. The number of carboxylic acids is 1. The number of amides is 1. The molecule has 2 N–H and O–H groups in total. The van der Waals surface area contributed by atoms with Crippen molar-refractivity contribution in [2.45, 2.75) is 44.6 Å². The molecule has 1 unspecified atom stereocenters. The van der Waals surface area contributed by atoms with E-state index in [-0.39, 0.29) is 5.91 Å². The molecule has 19 heavy (non-hydrogen) atoms. The zero-order valence-corrected chi connectivity index (χ0v) is 11.3. The fraction of sp³-hybridized carbons (Fsp3) is 0.467. The molecule has 4 nitrogen and oxygen atoms in total. The van der Waals surface area contributed by atoms with Gasteiger partial charge >= 0.3 is 5.97 Å². The van der Waals surface area contributed by atoms with E-state index in [9.17, 15) is 9.59 Å². The van der Waals surface area contributed by atoms with Gasteiger partial charge in [-0.3, -0.25) is 9.59 Å². The third-order valence-electron chi connectivity index (χ3n) is 3.93. The highest BCUT2D eigenvalue weighted by Gasteiger charge is 2.46. The van der Waals surface area contributed by atoms with Crippen LogP contribution in [0.4, 0.5) is 0 Å². The van der Waals surface area contributed by atoms with Gasteiger partial charge in [-0.15, -0.1) is 0 Å². The van der Waals surface area contributed by atoms with E-state index in [0.29, 0.717) is 0 Å². The van der Waals surface area contributed by atoms with E-state index in [1.807, 2.05) is 31.2 Å². The molecule has 1 aliphatic carbocycles. The maximum absolute atomic E-state index is 12.4. The Morgan fingerprint density at radius 1 is 1.37 bits per heavy atom. The Balaban J connectivity index is 2.23. The lowest BCUT2D eigenvalue weighted by atomic mass is 9.63. The number of aliphatic carboxylic acids is 1. The lowest BCUT2D eigenvalue weighted by molar-refractivity contribution is -0.143. The van der Waals surface area contributed by atoms with Crippen molar-refractivity contribution in [3.8, 4) is 0 Å². The quantitative estimate of drug-likeness (QED) is 0.871. The Kier molecular flexibility index (Phi) is 3.60. The van der Waals surface area contributed by atoms with Gasteiger partial charge in [0.25, 0.3) is 0 Å². The Bertz CT molecular complexity index is 506. The van der Waals surface area contributed by atoms with Crippen LogP contribution in [-0.4, -0.2) is 23.0 Å².